The smallest absolute Gasteiger partial charge is 0.221 e. The number of benzene rings is 1. The first-order chi connectivity index (χ1) is 9.08. The molecule has 5 N–H and O–H groups in total. The number of halogens is 1. The zero-order valence-corrected chi connectivity index (χ0v) is 11.3. The van der Waals surface area contributed by atoms with Crippen molar-refractivity contribution in [3.05, 3.63) is 29.3 Å². The molecule has 0 spiro atoms. The van der Waals surface area contributed by atoms with Gasteiger partial charge in [-0.3, -0.25) is 5.41 Å². The number of hydrogen-bond acceptors (Lipinski definition) is 2. The molecular weight excluding hydrogens is 264 g/mol. The van der Waals surface area contributed by atoms with Crippen LogP contribution in [0, 0.1) is 5.41 Å². The third kappa shape index (κ3) is 3.29. The first-order valence-electron chi connectivity index (χ1n) is 6.00. The van der Waals surface area contributed by atoms with Crippen molar-refractivity contribution in [1.82, 2.24) is 4.90 Å². The number of hydrogen-bond donors (Lipinski definition) is 3. The summed E-state index contributed by atoms with van der Waals surface area (Å²) < 4.78 is 0. The predicted molar refractivity (Wildman–Crippen MR) is 78.8 cm³/mol. The molecule has 0 radical (unpaired) electrons. The van der Waals surface area contributed by atoms with Gasteiger partial charge in [0.05, 0.1) is 10.7 Å². The highest BCUT2D eigenvalue weighted by atomic mass is 35.5. The molecule has 7 heteroatoms. The van der Waals surface area contributed by atoms with Crippen LogP contribution < -0.4 is 16.4 Å². The zero-order chi connectivity index (χ0) is 13.8. The number of guanidine groups is 2. The molecular formula is C12H17ClN6. The summed E-state index contributed by atoms with van der Waals surface area (Å²) in [4.78, 5) is 7.79. The van der Waals surface area contributed by atoms with Crippen LogP contribution in [-0.4, -0.2) is 43.0 Å². The average Bonchev–Trinajstić information content (AvgIpc) is 2.39. The summed E-state index contributed by atoms with van der Waals surface area (Å²) in [6.45, 7) is 2.96. The van der Waals surface area contributed by atoms with Crippen molar-refractivity contribution in [2.24, 2.45) is 16.5 Å². The molecule has 1 aromatic carbocycles. The van der Waals surface area contributed by atoms with E-state index in [2.05, 4.69) is 9.89 Å². The summed E-state index contributed by atoms with van der Waals surface area (Å²) in [5, 5.41) is 8.51. The van der Waals surface area contributed by atoms with E-state index >= 15 is 0 Å². The van der Waals surface area contributed by atoms with Gasteiger partial charge in [-0.25, -0.2) is 0 Å². The SMILES string of the molecule is N=C(N=C(N)N)N1CCN(c2ccccc2Cl)CC1. The van der Waals surface area contributed by atoms with Gasteiger partial charge in [0.1, 0.15) is 0 Å². The minimum atomic E-state index is -0.0847. The van der Waals surface area contributed by atoms with Crippen LogP contribution in [0.3, 0.4) is 0 Å². The van der Waals surface area contributed by atoms with E-state index in [1.165, 1.54) is 0 Å². The molecule has 6 nitrogen and oxygen atoms in total. The van der Waals surface area contributed by atoms with E-state index in [0.717, 1.165) is 23.8 Å². The van der Waals surface area contributed by atoms with E-state index in [9.17, 15) is 0 Å². The molecule has 0 amide bonds. The van der Waals surface area contributed by atoms with Crippen LogP contribution in [0.4, 0.5) is 5.69 Å². The van der Waals surface area contributed by atoms with Crippen LogP contribution in [-0.2, 0) is 0 Å². The van der Waals surface area contributed by atoms with Gasteiger partial charge in [-0.15, -0.1) is 0 Å². The van der Waals surface area contributed by atoms with E-state index < -0.39 is 0 Å². The van der Waals surface area contributed by atoms with Crippen molar-refractivity contribution in [2.45, 2.75) is 0 Å². The summed E-state index contributed by atoms with van der Waals surface area (Å²) in [5.74, 6) is 0.0253. The Hall–Kier alpha value is -1.95. The quantitative estimate of drug-likeness (QED) is 0.520. The number of nitrogens with zero attached hydrogens (tertiary/aromatic N) is 3. The maximum absolute atomic E-state index is 7.76. The number of para-hydroxylation sites is 1. The molecule has 1 aliphatic rings. The molecule has 1 saturated heterocycles. The maximum atomic E-state index is 7.76. The highest BCUT2D eigenvalue weighted by Gasteiger charge is 2.20. The molecule has 0 aromatic heterocycles. The second kappa shape index (κ2) is 5.79. The lowest BCUT2D eigenvalue weighted by Gasteiger charge is -2.36. The van der Waals surface area contributed by atoms with Gasteiger partial charge in [0.2, 0.25) is 5.96 Å². The van der Waals surface area contributed by atoms with Crippen molar-refractivity contribution in [2.75, 3.05) is 31.1 Å². The molecule has 19 heavy (non-hydrogen) atoms. The Bertz CT molecular complexity index is 489. The summed E-state index contributed by atoms with van der Waals surface area (Å²) in [6.07, 6.45) is 0. The van der Waals surface area contributed by atoms with Crippen molar-refractivity contribution in [3.8, 4) is 0 Å². The molecule has 1 fully saturated rings. The first kappa shape index (κ1) is 13.5. The molecule has 0 unspecified atom stereocenters. The lowest BCUT2D eigenvalue weighted by molar-refractivity contribution is 0.380. The number of aliphatic imine (C=N–C) groups is 1. The van der Waals surface area contributed by atoms with Gasteiger partial charge in [-0.1, -0.05) is 23.7 Å². The fourth-order valence-corrected chi connectivity index (χ4v) is 2.32. The number of rotatable bonds is 1. The Kier molecular flexibility index (Phi) is 4.11. The van der Waals surface area contributed by atoms with Crippen molar-refractivity contribution >= 4 is 29.2 Å². The van der Waals surface area contributed by atoms with Gasteiger partial charge in [0, 0.05) is 26.2 Å². The topological polar surface area (TPSA) is 94.7 Å². The van der Waals surface area contributed by atoms with E-state index in [4.69, 9.17) is 28.5 Å². The lowest BCUT2D eigenvalue weighted by atomic mass is 10.2. The van der Waals surface area contributed by atoms with Gasteiger partial charge in [-0.2, -0.15) is 4.99 Å². The summed E-state index contributed by atoms with van der Waals surface area (Å²) >= 11 is 6.17. The van der Waals surface area contributed by atoms with Gasteiger partial charge in [0.15, 0.2) is 5.96 Å². The van der Waals surface area contributed by atoms with Gasteiger partial charge in [-0.05, 0) is 12.1 Å². The predicted octanol–water partition coefficient (Wildman–Crippen LogP) is 0.670. The summed E-state index contributed by atoms with van der Waals surface area (Å²) in [6, 6.07) is 7.76. The zero-order valence-electron chi connectivity index (χ0n) is 10.5. The Labute approximate surface area is 117 Å². The highest BCUT2D eigenvalue weighted by molar-refractivity contribution is 6.33. The second-order valence-electron chi connectivity index (χ2n) is 4.29. The van der Waals surface area contributed by atoms with Crippen molar-refractivity contribution in [3.63, 3.8) is 0 Å². The summed E-state index contributed by atoms with van der Waals surface area (Å²) in [7, 11) is 0. The highest BCUT2D eigenvalue weighted by Crippen LogP contribution is 2.25. The molecule has 0 atom stereocenters. The number of anilines is 1. The van der Waals surface area contributed by atoms with E-state index in [0.29, 0.717) is 13.1 Å². The minimum Gasteiger partial charge on any atom is -0.370 e. The van der Waals surface area contributed by atoms with Gasteiger partial charge < -0.3 is 21.3 Å². The molecule has 1 heterocycles. The average molecular weight is 281 g/mol. The van der Waals surface area contributed by atoms with Crippen LogP contribution in [0.25, 0.3) is 0 Å². The molecule has 102 valence electrons. The van der Waals surface area contributed by atoms with E-state index in [1.807, 2.05) is 29.2 Å². The van der Waals surface area contributed by atoms with Gasteiger partial charge in [0.25, 0.3) is 0 Å². The Morgan fingerprint density at radius 3 is 2.37 bits per heavy atom. The monoisotopic (exact) mass is 280 g/mol. The number of nitrogens with one attached hydrogen (secondary N) is 1. The number of nitrogens with two attached hydrogens (primary N) is 2. The largest absolute Gasteiger partial charge is 0.370 e. The Morgan fingerprint density at radius 2 is 1.79 bits per heavy atom. The van der Waals surface area contributed by atoms with Crippen molar-refractivity contribution in [1.29, 1.82) is 5.41 Å². The fraction of sp³-hybridized carbons (Fsp3) is 0.333. The van der Waals surface area contributed by atoms with Crippen LogP contribution in [0.1, 0.15) is 0 Å². The number of piperazine rings is 1. The molecule has 2 rings (SSSR count). The van der Waals surface area contributed by atoms with Crippen LogP contribution in [0.2, 0.25) is 5.02 Å². The molecule has 0 bridgehead atoms. The lowest BCUT2D eigenvalue weighted by Crippen LogP contribution is -2.48. The second-order valence-corrected chi connectivity index (χ2v) is 4.69. The molecule has 1 aliphatic heterocycles. The third-order valence-electron chi connectivity index (χ3n) is 3.01. The van der Waals surface area contributed by atoms with E-state index in [1.54, 1.807) is 0 Å². The molecule has 1 aromatic rings. The van der Waals surface area contributed by atoms with Crippen LogP contribution in [0.5, 0.6) is 0 Å². The van der Waals surface area contributed by atoms with Gasteiger partial charge >= 0.3 is 0 Å². The third-order valence-corrected chi connectivity index (χ3v) is 3.33. The fourth-order valence-electron chi connectivity index (χ4n) is 2.06. The Balaban J connectivity index is 1.98. The van der Waals surface area contributed by atoms with Crippen LogP contribution in [0.15, 0.2) is 29.3 Å². The van der Waals surface area contributed by atoms with E-state index in [-0.39, 0.29) is 11.9 Å². The standard InChI is InChI=1S/C12H17ClN6/c13-9-3-1-2-4-10(9)18-5-7-19(8-6-18)12(16)17-11(14)15/h1-4H,5-8H2,(H5,14,15,16,17). The van der Waals surface area contributed by atoms with Crippen molar-refractivity contribution < 1.29 is 0 Å². The minimum absolute atomic E-state index is 0.0847. The summed E-state index contributed by atoms with van der Waals surface area (Å²) in [5.41, 5.74) is 11.6. The van der Waals surface area contributed by atoms with Crippen LogP contribution >= 0.6 is 11.6 Å². The molecule has 0 aliphatic carbocycles. The molecule has 0 saturated carbocycles. The Morgan fingerprint density at radius 1 is 1.16 bits per heavy atom. The first-order valence-corrected chi connectivity index (χ1v) is 6.38. The maximum Gasteiger partial charge on any atom is 0.221 e. The normalized spacial score (nSPS) is 15.2.